The molecule has 0 saturated carbocycles. The average molecular weight is 389 g/mol. The van der Waals surface area contributed by atoms with E-state index in [1.807, 2.05) is 30.3 Å². The van der Waals surface area contributed by atoms with E-state index >= 15 is 0 Å². The summed E-state index contributed by atoms with van der Waals surface area (Å²) >= 11 is 0. The maximum absolute atomic E-state index is 11.5. The number of rotatable bonds is 8. The fourth-order valence-corrected chi connectivity index (χ4v) is 2.60. The Hall–Kier alpha value is -4.00. The fourth-order valence-electron chi connectivity index (χ4n) is 2.60. The Morgan fingerprint density at radius 1 is 1.10 bits per heavy atom. The van der Waals surface area contributed by atoms with E-state index in [1.165, 1.54) is 19.6 Å². The zero-order chi connectivity index (χ0) is 20.5. The molecule has 7 heteroatoms. The summed E-state index contributed by atoms with van der Waals surface area (Å²) in [4.78, 5) is 25.6. The second kappa shape index (κ2) is 9.80. The summed E-state index contributed by atoms with van der Waals surface area (Å²) in [6, 6.07) is 18.3. The average Bonchev–Trinajstić information content (AvgIpc) is 2.76. The monoisotopic (exact) mass is 389 g/mol. The van der Waals surface area contributed by atoms with E-state index in [-0.39, 0.29) is 12.2 Å². The van der Waals surface area contributed by atoms with Crippen molar-refractivity contribution in [2.45, 2.75) is 6.61 Å². The number of hydrogen-bond acceptors (Lipinski definition) is 6. The molecular weight excluding hydrogens is 370 g/mol. The van der Waals surface area contributed by atoms with Crippen molar-refractivity contribution in [3.05, 3.63) is 89.9 Å². The predicted octanol–water partition coefficient (Wildman–Crippen LogP) is 3.77. The SMILES string of the molecule is COC=C(C(=O)O)c1ccccc1C=NOCc1ccnc(-c2ccccc2)n1. The summed E-state index contributed by atoms with van der Waals surface area (Å²) in [6.07, 6.45) is 4.31. The van der Waals surface area contributed by atoms with Crippen molar-refractivity contribution >= 4 is 17.8 Å². The molecule has 0 saturated heterocycles. The molecule has 0 spiro atoms. The number of aromatic nitrogens is 2. The lowest BCUT2D eigenvalue weighted by molar-refractivity contribution is -0.130. The van der Waals surface area contributed by atoms with Gasteiger partial charge in [-0.3, -0.25) is 0 Å². The Kier molecular flexibility index (Phi) is 6.67. The molecule has 1 heterocycles. The van der Waals surface area contributed by atoms with Crippen LogP contribution in [0.25, 0.3) is 17.0 Å². The molecule has 1 aromatic heterocycles. The first-order valence-electron chi connectivity index (χ1n) is 8.77. The molecule has 0 radical (unpaired) electrons. The summed E-state index contributed by atoms with van der Waals surface area (Å²) in [7, 11) is 1.40. The molecule has 0 amide bonds. The minimum atomic E-state index is -1.09. The van der Waals surface area contributed by atoms with Gasteiger partial charge in [-0.15, -0.1) is 0 Å². The van der Waals surface area contributed by atoms with E-state index in [0.717, 1.165) is 5.56 Å². The fraction of sp³-hybridized carbons (Fsp3) is 0.0909. The van der Waals surface area contributed by atoms with Crippen molar-refractivity contribution < 1.29 is 19.5 Å². The van der Waals surface area contributed by atoms with Crippen LogP contribution in [-0.2, 0) is 21.0 Å². The first-order chi connectivity index (χ1) is 14.2. The number of carboxylic acid groups (broad SMARTS) is 1. The summed E-state index contributed by atoms with van der Waals surface area (Å²) < 4.78 is 4.87. The van der Waals surface area contributed by atoms with Crippen molar-refractivity contribution in [3.8, 4) is 11.4 Å². The summed E-state index contributed by atoms with van der Waals surface area (Å²) in [5.74, 6) is -0.486. The predicted molar refractivity (Wildman–Crippen MR) is 109 cm³/mol. The van der Waals surface area contributed by atoms with E-state index in [0.29, 0.717) is 22.6 Å². The quantitative estimate of drug-likeness (QED) is 0.273. The van der Waals surface area contributed by atoms with Crippen LogP contribution < -0.4 is 0 Å². The minimum absolute atomic E-state index is 0.0258. The first-order valence-corrected chi connectivity index (χ1v) is 8.77. The normalized spacial score (nSPS) is 11.4. The molecule has 0 unspecified atom stereocenters. The Labute approximate surface area is 168 Å². The number of carbonyl (C=O) groups is 1. The second-order valence-corrected chi connectivity index (χ2v) is 5.91. The molecule has 0 aliphatic carbocycles. The third-order valence-corrected chi connectivity index (χ3v) is 3.94. The number of ether oxygens (including phenoxy) is 1. The summed E-state index contributed by atoms with van der Waals surface area (Å²) in [6.45, 7) is 0.153. The topological polar surface area (TPSA) is 93.9 Å². The Bertz CT molecular complexity index is 1030. The number of hydrogen-bond donors (Lipinski definition) is 1. The van der Waals surface area contributed by atoms with Gasteiger partial charge in [0.2, 0.25) is 0 Å². The standard InChI is InChI=1S/C22H19N3O4/c1-28-15-20(22(26)27)19-10-6-5-9-17(19)13-24-29-14-18-11-12-23-21(25-18)16-7-3-2-4-8-16/h2-13,15H,14H2,1H3,(H,26,27). The van der Waals surface area contributed by atoms with Crippen LogP contribution in [0.2, 0.25) is 0 Å². The molecule has 2 aromatic carbocycles. The Morgan fingerprint density at radius 2 is 1.86 bits per heavy atom. The van der Waals surface area contributed by atoms with Gasteiger partial charge in [-0.1, -0.05) is 59.8 Å². The van der Waals surface area contributed by atoms with Crippen LogP contribution in [0, 0.1) is 0 Å². The van der Waals surface area contributed by atoms with Crippen LogP contribution in [0.4, 0.5) is 0 Å². The van der Waals surface area contributed by atoms with Crippen LogP contribution in [0.3, 0.4) is 0 Å². The second-order valence-electron chi connectivity index (χ2n) is 5.91. The highest BCUT2D eigenvalue weighted by Crippen LogP contribution is 2.19. The zero-order valence-electron chi connectivity index (χ0n) is 15.7. The molecule has 0 atom stereocenters. The Morgan fingerprint density at radius 3 is 2.62 bits per heavy atom. The highest BCUT2D eigenvalue weighted by atomic mass is 16.6. The largest absolute Gasteiger partial charge is 0.503 e. The number of nitrogens with zero attached hydrogens (tertiary/aromatic N) is 3. The van der Waals surface area contributed by atoms with Crippen LogP contribution in [0.5, 0.6) is 0 Å². The van der Waals surface area contributed by atoms with Gasteiger partial charge in [0.1, 0.15) is 5.57 Å². The number of aliphatic carboxylic acids is 1. The first kappa shape index (κ1) is 19.8. The maximum atomic E-state index is 11.5. The van der Waals surface area contributed by atoms with Crippen LogP contribution in [0.15, 0.2) is 78.3 Å². The summed E-state index contributed by atoms with van der Waals surface area (Å²) in [5.41, 5.74) is 2.68. The van der Waals surface area contributed by atoms with E-state index < -0.39 is 5.97 Å². The van der Waals surface area contributed by atoms with Crippen LogP contribution in [0.1, 0.15) is 16.8 Å². The molecule has 0 aliphatic rings. The summed E-state index contributed by atoms with van der Waals surface area (Å²) in [5, 5.41) is 13.3. The lowest BCUT2D eigenvalue weighted by Crippen LogP contribution is -2.03. The van der Waals surface area contributed by atoms with E-state index in [2.05, 4.69) is 15.1 Å². The van der Waals surface area contributed by atoms with Gasteiger partial charge in [0, 0.05) is 22.9 Å². The zero-order valence-corrected chi connectivity index (χ0v) is 15.7. The molecule has 3 rings (SSSR count). The molecule has 146 valence electrons. The molecular formula is C22H19N3O4. The van der Waals surface area contributed by atoms with Gasteiger partial charge in [-0.25, -0.2) is 14.8 Å². The van der Waals surface area contributed by atoms with Gasteiger partial charge >= 0.3 is 5.97 Å². The van der Waals surface area contributed by atoms with Crippen LogP contribution in [-0.4, -0.2) is 34.4 Å². The van der Waals surface area contributed by atoms with E-state index in [4.69, 9.17) is 9.57 Å². The number of carboxylic acids is 1. The van der Waals surface area contributed by atoms with Crippen molar-refractivity contribution in [2.24, 2.45) is 5.16 Å². The highest BCUT2D eigenvalue weighted by Gasteiger charge is 2.14. The maximum Gasteiger partial charge on any atom is 0.339 e. The van der Waals surface area contributed by atoms with Crippen molar-refractivity contribution in [1.82, 2.24) is 9.97 Å². The minimum Gasteiger partial charge on any atom is -0.503 e. The molecule has 0 aliphatic heterocycles. The number of methoxy groups -OCH3 is 1. The van der Waals surface area contributed by atoms with E-state index in [9.17, 15) is 9.90 Å². The molecule has 0 fully saturated rings. The smallest absolute Gasteiger partial charge is 0.339 e. The molecule has 29 heavy (non-hydrogen) atoms. The molecule has 0 bridgehead atoms. The number of benzene rings is 2. The van der Waals surface area contributed by atoms with Gasteiger partial charge in [0.15, 0.2) is 12.4 Å². The Balaban J connectivity index is 1.71. The molecule has 1 N–H and O–H groups in total. The molecule has 7 nitrogen and oxygen atoms in total. The lowest BCUT2D eigenvalue weighted by Gasteiger charge is -2.06. The van der Waals surface area contributed by atoms with Crippen molar-refractivity contribution in [1.29, 1.82) is 0 Å². The van der Waals surface area contributed by atoms with Gasteiger partial charge in [0.05, 0.1) is 25.3 Å². The van der Waals surface area contributed by atoms with Crippen LogP contribution >= 0.6 is 0 Å². The molecule has 3 aromatic rings. The van der Waals surface area contributed by atoms with Gasteiger partial charge in [0.25, 0.3) is 0 Å². The third-order valence-electron chi connectivity index (χ3n) is 3.94. The number of oxime groups is 1. The van der Waals surface area contributed by atoms with E-state index in [1.54, 1.807) is 36.5 Å². The van der Waals surface area contributed by atoms with Crippen molar-refractivity contribution in [3.63, 3.8) is 0 Å². The van der Waals surface area contributed by atoms with Gasteiger partial charge in [-0.05, 0) is 6.07 Å². The lowest BCUT2D eigenvalue weighted by atomic mass is 10.0. The third kappa shape index (κ3) is 5.26. The van der Waals surface area contributed by atoms with Gasteiger partial charge < -0.3 is 14.7 Å². The van der Waals surface area contributed by atoms with Crippen molar-refractivity contribution in [2.75, 3.05) is 7.11 Å². The van der Waals surface area contributed by atoms with Gasteiger partial charge in [-0.2, -0.15) is 0 Å². The highest BCUT2D eigenvalue weighted by molar-refractivity contribution is 6.17.